The maximum Gasteiger partial charge on any atom is 0.325 e. The van der Waals surface area contributed by atoms with E-state index < -0.39 is 5.97 Å². The van der Waals surface area contributed by atoms with E-state index in [0.717, 1.165) is 18.4 Å². The number of nitrogens with one attached hydrogen (secondary N) is 2. The van der Waals surface area contributed by atoms with Gasteiger partial charge in [-0.1, -0.05) is 32.9 Å². The fourth-order valence-electron chi connectivity index (χ4n) is 2.58. The smallest absolute Gasteiger partial charge is 0.325 e. The molecule has 1 fully saturated rings. The maximum absolute atomic E-state index is 12.1. The third kappa shape index (κ3) is 6.17. The van der Waals surface area contributed by atoms with E-state index in [1.165, 1.54) is 0 Å². The highest BCUT2D eigenvalue weighted by Crippen LogP contribution is 2.32. The summed E-state index contributed by atoms with van der Waals surface area (Å²) in [4.78, 5) is 35.4. The predicted molar refractivity (Wildman–Crippen MR) is 98.8 cm³/mol. The monoisotopic (exact) mass is 360 g/mol. The van der Waals surface area contributed by atoms with E-state index >= 15 is 0 Å². The molecule has 2 N–H and O–H groups in total. The summed E-state index contributed by atoms with van der Waals surface area (Å²) in [6.45, 7) is 7.64. The van der Waals surface area contributed by atoms with Crippen molar-refractivity contribution in [3.63, 3.8) is 0 Å². The van der Waals surface area contributed by atoms with Crippen LogP contribution in [0.15, 0.2) is 24.3 Å². The lowest BCUT2D eigenvalue weighted by atomic mass is 9.87. The first-order valence-electron chi connectivity index (χ1n) is 9.00. The van der Waals surface area contributed by atoms with Gasteiger partial charge in [-0.2, -0.15) is 0 Å². The number of carbonyl (C=O) groups is 3. The Hall–Kier alpha value is -2.37. The first-order valence-corrected chi connectivity index (χ1v) is 9.00. The lowest BCUT2D eigenvalue weighted by Gasteiger charge is -2.19. The molecule has 1 aliphatic rings. The molecule has 142 valence electrons. The van der Waals surface area contributed by atoms with Crippen molar-refractivity contribution in [1.29, 1.82) is 0 Å². The van der Waals surface area contributed by atoms with Crippen LogP contribution in [0.1, 0.15) is 56.5 Å². The van der Waals surface area contributed by atoms with E-state index in [-0.39, 0.29) is 36.4 Å². The normalized spacial score (nSPS) is 15.1. The fourth-order valence-corrected chi connectivity index (χ4v) is 2.58. The minimum Gasteiger partial charge on any atom is -0.454 e. The van der Waals surface area contributed by atoms with Crippen LogP contribution in [0.5, 0.6) is 0 Å². The first kappa shape index (κ1) is 19.9. The van der Waals surface area contributed by atoms with Crippen LogP contribution < -0.4 is 10.6 Å². The fraction of sp³-hybridized carbons (Fsp3) is 0.550. The third-order valence-corrected chi connectivity index (χ3v) is 4.49. The number of esters is 1. The second kappa shape index (κ2) is 8.34. The zero-order valence-electron chi connectivity index (χ0n) is 15.9. The molecule has 26 heavy (non-hydrogen) atoms. The summed E-state index contributed by atoms with van der Waals surface area (Å²) in [6, 6.07) is 7.37. The SMILES string of the molecule is C[C@@H](NC(=O)COC(=O)CNC(=O)c1ccc(C(C)(C)C)cc1)C1CC1. The molecule has 0 aliphatic heterocycles. The van der Waals surface area contributed by atoms with E-state index in [2.05, 4.69) is 31.4 Å². The van der Waals surface area contributed by atoms with Crippen molar-refractivity contribution < 1.29 is 19.1 Å². The van der Waals surface area contributed by atoms with Crippen LogP contribution in [-0.4, -0.2) is 37.0 Å². The highest BCUT2D eigenvalue weighted by Gasteiger charge is 2.29. The van der Waals surface area contributed by atoms with Crippen LogP contribution in [-0.2, 0) is 19.7 Å². The van der Waals surface area contributed by atoms with Crippen molar-refractivity contribution in [2.75, 3.05) is 13.2 Å². The molecule has 0 aromatic heterocycles. The average Bonchev–Trinajstić information content (AvgIpc) is 3.42. The summed E-state index contributed by atoms with van der Waals surface area (Å²) in [5.74, 6) is -0.770. The predicted octanol–water partition coefficient (Wildman–Crippen LogP) is 2.17. The quantitative estimate of drug-likeness (QED) is 0.730. The van der Waals surface area contributed by atoms with Gasteiger partial charge in [-0.25, -0.2) is 0 Å². The Bertz CT molecular complexity index is 657. The van der Waals surface area contributed by atoms with Crippen molar-refractivity contribution >= 4 is 17.8 Å². The van der Waals surface area contributed by atoms with Crippen molar-refractivity contribution in [3.8, 4) is 0 Å². The molecule has 2 amide bonds. The van der Waals surface area contributed by atoms with Gasteiger partial charge in [0.1, 0.15) is 6.54 Å². The second-order valence-electron chi connectivity index (χ2n) is 7.86. The summed E-state index contributed by atoms with van der Waals surface area (Å²) < 4.78 is 4.89. The molecule has 0 heterocycles. The summed E-state index contributed by atoms with van der Waals surface area (Å²) >= 11 is 0. The van der Waals surface area contributed by atoms with Gasteiger partial charge < -0.3 is 15.4 Å². The van der Waals surface area contributed by atoms with Gasteiger partial charge in [-0.15, -0.1) is 0 Å². The molecule has 2 rings (SSSR count). The Kier molecular flexibility index (Phi) is 6.40. The summed E-state index contributed by atoms with van der Waals surface area (Å²) in [6.07, 6.45) is 2.26. The molecule has 0 bridgehead atoms. The molecule has 0 radical (unpaired) electrons. The van der Waals surface area contributed by atoms with Crippen molar-refractivity contribution in [1.82, 2.24) is 10.6 Å². The van der Waals surface area contributed by atoms with Crippen LogP contribution in [0.3, 0.4) is 0 Å². The molecule has 1 aromatic rings. The van der Waals surface area contributed by atoms with Gasteiger partial charge >= 0.3 is 5.97 Å². The van der Waals surface area contributed by atoms with Gasteiger partial charge in [0.2, 0.25) is 0 Å². The Balaban J connectivity index is 1.70. The van der Waals surface area contributed by atoms with Crippen LogP contribution in [0.2, 0.25) is 0 Å². The van der Waals surface area contributed by atoms with E-state index in [4.69, 9.17) is 4.74 Å². The van der Waals surface area contributed by atoms with Crippen molar-refractivity contribution in [3.05, 3.63) is 35.4 Å². The van der Waals surface area contributed by atoms with E-state index in [0.29, 0.717) is 11.5 Å². The maximum atomic E-state index is 12.1. The summed E-state index contributed by atoms with van der Waals surface area (Å²) in [5.41, 5.74) is 1.61. The van der Waals surface area contributed by atoms with Gasteiger partial charge in [0.25, 0.3) is 11.8 Å². The number of ether oxygens (including phenoxy) is 1. The standard InChI is InChI=1S/C20H28N2O4/c1-13(14-5-6-14)22-17(23)12-26-18(24)11-21-19(25)15-7-9-16(10-8-15)20(2,3)4/h7-10,13-14H,5-6,11-12H2,1-4H3,(H,21,25)(H,22,23)/t13-/m1/s1. The Morgan fingerprint density at radius 3 is 2.31 bits per heavy atom. The number of benzene rings is 1. The van der Waals surface area contributed by atoms with Crippen LogP contribution in [0.4, 0.5) is 0 Å². The number of carbonyl (C=O) groups excluding carboxylic acids is 3. The average molecular weight is 360 g/mol. The van der Waals surface area contributed by atoms with Gasteiger partial charge in [-0.3, -0.25) is 14.4 Å². The molecule has 6 heteroatoms. The van der Waals surface area contributed by atoms with E-state index in [1.54, 1.807) is 12.1 Å². The molecule has 0 spiro atoms. The molecular weight excluding hydrogens is 332 g/mol. The number of amides is 2. The lowest BCUT2D eigenvalue weighted by Crippen LogP contribution is -2.38. The third-order valence-electron chi connectivity index (χ3n) is 4.49. The Labute approximate surface area is 154 Å². The van der Waals surface area contributed by atoms with Gasteiger partial charge in [-0.05, 0) is 48.8 Å². The topological polar surface area (TPSA) is 84.5 Å². The minimum atomic E-state index is -0.640. The number of hydrogen-bond acceptors (Lipinski definition) is 4. The molecule has 0 saturated heterocycles. The highest BCUT2D eigenvalue weighted by molar-refractivity contribution is 5.96. The molecule has 1 aliphatic carbocycles. The van der Waals surface area contributed by atoms with Crippen LogP contribution >= 0.6 is 0 Å². The van der Waals surface area contributed by atoms with Gasteiger partial charge in [0.15, 0.2) is 6.61 Å². The van der Waals surface area contributed by atoms with Crippen LogP contribution in [0.25, 0.3) is 0 Å². The first-order chi connectivity index (χ1) is 12.2. The molecule has 6 nitrogen and oxygen atoms in total. The zero-order valence-corrected chi connectivity index (χ0v) is 15.9. The molecule has 0 unspecified atom stereocenters. The largest absolute Gasteiger partial charge is 0.454 e. The van der Waals surface area contributed by atoms with Gasteiger partial charge in [0.05, 0.1) is 0 Å². The van der Waals surface area contributed by atoms with Crippen LogP contribution in [0, 0.1) is 5.92 Å². The minimum absolute atomic E-state index is 0.0103. The second-order valence-corrected chi connectivity index (χ2v) is 7.86. The zero-order chi connectivity index (χ0) is 19.3. The highest BCUT2D eigenvalue weighted by atomic mass is 16.5. The molecular formula is C20H28N2O4. The Morgan fingerprint density at radius 1 is 1.15 bits per heavy atom. The van der Waals surface area contributed by atoms with Crippen molar-refractivity contribution in [2.24, 2.45) is 5.92 Å². The summed E-state index contributed by atoms with van der Waals surface area (Å²) in [7, 11) is 0. The van der Waals surface area contributed by atoms with Crippen molar-refractivity contribution in [2.45, 2.75) is 52.0 Å². The van der Waals surface area contributed by atoms with Gasteiger partial charge in [0, 0.05) is 11.6 Å². The summed E-state index contributed by atoms with van der Waals surface area (Å²) in [5, 5.41) is 5.31. The van der Waals surface area contributed by atoms with E-state index in [9.17, 15) is 14.4 Å². The molecule has 1 saturated carbocycles. The number of hydrogen-bond donors (Lipinski definition) is 2. The lowest BCUT2D eigenvalue weighted by molar-refractivity contribution is -0.147. The molecule has 1 atom stereocenters. The number of rotatable bonds is 7. The molecule has 1 aromatic carbocycles. The van der Waals surface area contributed by atoms with E-state index in [1.807, 2.05) is 19.1 Å². The Morgan fingerprint density at radius 2 is 1.77 bits per heavy atom.